The van der Waals surface area contributed by atoms with Crippen LogP contribution in [0.4, 0.5) is 18.0 Å². The molecule has 1 aromatic heterocycles. The molecule has 1 aliphatic heterocycles. The third-order valence-corrected chi connectivity index (χ3v) is 9.69. The molecule has 14 nitrogen and oxygen atoms in total. The number of allylic oxidation sites excluding steroid dienone is 2. The molecule has 2 aromatic carbocycles. The summed E-state index contributed by atoms with van der Waals surface area (Å²) in [6, 6.07) is 8.87. The van der Waals surface area contributed by atoms with Gasteiger partial charge < -0.3 is 33.9 Å². The summed E-state index contributed by atoms with van der Waals surface area (Å²) in [5.74, 6) is -3.57. The average Bonchev–Trinajstić information content (AvgIpc) is 3.66. The maximum absolute atomic E-state index is 15.7. The molecule has 1 fully saturated rings. The number of hydrogen-bond acceptors (Lipinski definition) is 13. The number of halogens is 3. The molecule has 18 heteroatoms. The Bertz CT molecular complexity index is 1880. The van der Waals surface area contributed by atoms with Gasteiger partial charge in [-0.1, -0.05) is 24.3 Å². The third kappa shape index (κ3) is 13.2. The van der Waals surface area contributed by atoms with Crippen molar-refractivity contribution >= 4 is 35.9 Å². The highest BCUT2D eigenvalue weighted by Gasteiger charge is 2.47. The number of carbonyl (C=O) groups excluding carboxylic acids is 3. The Morgan fingerprint density at radius 1 is 1.09 bits per heavy atom. The van der Waals surface area contributed by atoms with Crippen LogP contribution in [-0.4, -0.2) is 101 Å². The summed E-state index contributed by atoms with van der Waals surface area (Å²) >= 11 is 1.24. The number of hydrogen-bond donors (Lipinski definition) is 1. The van der Waals surface area contributed by atoms with Crippen molar-refractivity contribution in [3.05, 3.63) is 101 Å². The van der Waals surface area contributed by atoms with Crippen LogP contribution in [-0.2, 0) is 45.4 Å². The summed E-state index contributed by atoms with van der Waals surface area (Å²) in [5.41, 5.74) is -1.60. The standard InChI is InChI=1S/C38H43F3N6O8S/c1-25(56-30-20-51-36(52-21-30)8-6-5-7-28-10-9-27(19-42)17-32(28)40)38(22-47-24-43-23-45-47,31-12-11-29(39)18-33(31)41)55-37(50)54-26(2)53-35(49)14-13-34(48)44-15-16-46(3)4/h5-12,17-18,23-26,30,36H,13-16,20-22H2,1-4H3,(H,44,48)/b7-5+,8-6+/t25-,26?,30?,36?,38-/m1/s1. The fourth-order valence-corrected chi connectivity index (χ4v) is 6.79. The Kier molecular flexibility index (Phi) is 16.5. The summed E-state index contributed by atoms with van der Waals surface area (Å²) in [4.78, 5) is 43.7. The van der Waals surface area contributed by atoms with Crippen LogP contribution in [0.25, 0.3) is 6.08 Å². The molecule has 1 unspecified atom stereocenters. The van der Waals surface area contributed by atoms with Crippen LogP contribution in [0.1, 0.15) is 43.4 Å². The molecule has 1 saturated heterocycles. The quantitative estimate of drug-likeness (QED) is 0.103. The van der Waals surface area contributed by atoms with Gasteiger partial charge in [-0.25, -0.2) is 27.6 Å². The fraction of sp³-hybridized carbons (Fsp3) is 0.421. The molecule has 0 spiro atoms. The average molecular weight is 801 g/mol. The first-order valence-electron chi connectivity index (χ1n) is 17.5. The summed E-state index contributed by atoms with van der Waals surface area (Å²) in [6.45, 7) is 3.99. The maximum Gasteiger partial charge on any atom is 0.512 e. The van der Waals surface area contributed by atoms with Crippen molar-refractivity contribution in [3.63, 3.8) is 0 Å². The van der Waals surface area contributed by atoms with E-state index in [0.29, 0.717) is 24.7 Å². The van der Waals surface area contributed by atoms with Crippen molar-refractivity contribution in [2.24, 2.45) is 0 Å². The van der Waals surface area contributed by atoms with E-state index in [2.05, 4.69) is 15.4 Å². The first kappa shape index (κ1) is 43.5. The number of aromatic nitrogens is 3. The number of amides is 1. The number of nitrogens with zero attached hydrogens (tertiary/aromatic N) is 5. The minimum absolute atomic E-state index is 0.146. The number of likely N-dealkylation sites (N-methyl/N-ethyl adjacent to an activating group) is 1. The zero-order valence-corrected chi connectivity index (χ0v) is 32.0. The maximum atomic E-state index is 15.7. The van der Waals surface area contributed by atoms with Gasteiger partial charge in [-0.15, -0.1) is 11.8 Å². The van der Waals surface area contributed by atoms with E-state index in [1.54, 1.807) is 25.2 Å². The lowest BCUT2D eigenvalue weighted by Gasteiger charge is -2.40. The largest absolute Gasteiger partial charge is 0.512 e. The first-order valence-corrected chi connectivity index (χ1v) is 18.4. The van der Waals surface area contributed by atoms with Gasteiger partial charge in [-0.3, -0.25) is 9.59 Å². The molecule has 3 atom stereocenters. The van der Waals surface area contributed by atoms with Gasteiger partial charge in [0.05, 0.1) is 43.1 Å². The third-order valence-electron chi connectivity index (χ3n) is 8.24. The first-order chi connectivity index (χ1) is 26.8. The van der Waals surface area contributed by atoms with Crippen LogP contribution in [0.5, 0.6) is 0 Å². The van der Waals surface area contributed by atoms with Crippen molar-refractivity contribution in [2.75, 3.05) is 40.4 Å². The van der Waals surface area contributed by atoms with Crippen LogP contribution >= 0.6 is 11.8 Å². The number of nitriles is 1. The summed E-state index contributed by atoms with van der Waals surface area (Å²) in [7, 11) is 3.71. The van der Waals surface area contributed by atoms with Crippen LogP contribution in [0.15, 0.2) is 67.3 Å². The lowest BCUT2D eigenvalue weighted by atomic mass is 9.89. The highest BCUT2D eigenvalue weighted by molar-refractivity contribution is 8.00. The second-order valence-corrected chi connectivity index (χ2v) is 14.5. The highest BCUT2D eigenvalue weighted by Crippen LogP contribution is 2.42. The molecule has 4 rings (SSSR count). The topological polar surface area (TPSA) is 167 Å². The van der Waals surface area contributed by atoms with E-state index in [4.69, 9.17) is 28.9 Å². The van der Waals surface area contributed by atoms with Gasteiger partial charge in [0.25, 0.3) is 0 Å². The van der Waals surface area contributed by atoms with E-state index >= 15 is 4.39 Å². The number of nitrogens with one attached hydrogen (secondary N) is 1. The molecule has 1 N–H and O–H groups in total. The van der Waals surface area contributed by atoms with Crippen molar-refractivity contribution in [3.8, 4) is 6.07 Å². The minimum atomic E-state index is -1.91. The van der Waals surface area contributed by atoms with E-state index in [0.717, 1.165) is 18.2 Å². The Morgan fingerprint density at radius 2 is 1.86 bits per heavy atom. The SMILES string of the molecule is CC(OC(=O)CCC(=O)NCCN(C)C)OC(=O)O[C@@](Cn1cncn1)(c1ccc(F)cc1F)[C@@H](C)SC1COC(/C=C/C=C/c2ccc(C#N)cc2F)OC1. The van der Waals surface area contributed by atoms with Crippen LogP contribution < -0.4 is 5.32 Å². The van der Waals surface area contributed by atoms with Crippen molar-refractivity contribution in [2.45, 2.75) is 61.9 Å². The minimum Gasteiger partial charge on any atom is -0.425 e. The van der Waals surface area contributed by atoms with Gasteiger partial charge in [0.1, 0.15) is 30.1 Å². The predicted molar refractivity (Wildman–Crippen MR) is 198 cm³/mol. The normalized spacial score (nSPS) is 17.9. The van der Waals surface area contributed by atoms with E-state index in [1.165, 1.54) is 54.2 Å². The fourth-order valence-electron chi connectivity index (χ4n) is 5.42. The monoisotopic (exact) mass is 800 g/mol. The van der Waals surface area contributed by atoms with Crippen LogP contribution in [0, 0.1) is 28.8 Å². The number of esters is 1. The van der Waals surface area contributed by atoms with Crippen molar-refractivity contribution in [1.82, 2.24) is 25.0 Å². The molecular weight excluding hydrogens is 758 g/mol. The molecule has 0 bridgehead atoms. The molecule has 0 saturated carbocycles. The van der Waals surface area contributed by atoms with Crippen molar-refractivity contribution < 1.29 is 51.2 Å². The summed E-state index contributed by atoms with van der Waals surface area (Å²) in [5, 5.41) is 14.6. The highest BCUT2D eigenvalue weighted by atomic mass is 32.2. The molecule has 3 aromatic rings. The molecule has 0 radical (unpaired) electrons. The number of rotatable bonds is 18. The van der Waals surface area contributed by atoms with E-state index < -0.39 is 53.0 Å². The van der Waals surface area contributed by atoms with E-state index in [1.807, 2.05) is 25.1 Å². The van der Waals surface area contributed by atoms with E-state index in [9.17, 15) is 23.2 Å². The predicted octanol–water partition coefficient (Wildman–Crippen LogP) is 5.10. The Labute approximate surface area is 326 Å². The lowest BCUT2D eigenvalue weighted by Crippen LogP contribution is -2.47. The molecular formula is C38H43F3N6O8S. The zero-order chi connectivity index (χ0) is 40.7. The number of benzene rings is 2. The number of ether oxygens (including phenoxy) is 5. The molecule has 1 amide bonds. The summed E-state index contributed by atoms with van der Waals surface area (Å²) in [6.07, 6.45) is 4.99. The second-order valence-electron chi connectivity index (χ2n) is 12.8. The Morgan fingerprint density at radius 3 is 2.52 bits per heavy atom. The van der Waals surface area contributed by atoms with Gasteiger partial charge in [0.15, 0.2) is 11.9 Å². The zero-order valence-electron chi connectivity index (χ0n) is 31.2. The van der Waals surface area contributed by atoms with Crippen LogP contribution in [0.2, 0.25) is 0 Å². The summed E-state index contributed by atoms with van der Waals surface area (Å²) < 4.78 is 73.5. The smallest absolute Gasteiger partial charge is 0.425 e. The lowest BCUT2D eigenvalue weighted by molar-refractivity contribution is -0.172. The van der Waals surface area contributed by atoms with Gasteiger partial charge in [0, 0.05) is 48.9 Å². The second kappa shape index (κ2) is 21.2. The molecule has 1 aliphatic rings. The molecule has 0 aliphatic carbocycles. The Balaban J connectivity index is 1.43. The molecule has 300 valence electrons. The van der Waals surface area contributed by atoms with Crippen molar-refractivity contribution in [1.29, 1.82) is 5.26 Å². The van der Waals surface area contributed by atoms with Gasteiger partial charge in [0.2, 0.25) is 12.2 Å². The number of carbonyl (C=O) groups is 3. The van der Waals surface area contributed by atoms with Gasteiger partial charge in [-0.05, 0) is 51.4 Å². The molecule has 56 heavy (non-hydrogen) atoms. The van der Waals surface area contributed by atoms with Gasteiger partial charge in [-0.2, -0.15) is 10.4 Å². The number of thioether (sulfide) groups is 1. The van der Waals surface area contributed by atoms with Gasteiger partial charge >= 0.3 is 12.1 Å². The Hall–Kier alpha value is -5.22. The van der Waals surface area contributed by atoms with E-state index in [-0.39, 0.29) is 54.9 Å². The van der Waals surface area contributed by atoms with Crippen LogP contribution in [0.3, 0.4) is 0 Å². The molecule has 2 heterocycles.